The summed E-state index contributed by atoms with van der Waals surface area (Å²) in [5.74, 6) is 1.04. The van der Waals surface area contributed by atoms with E-state index >= 15 is 0 Å². The fourth-order valence-electron chi connectivity index (χ4n) is 5.17. The number of rotatable bonds is 9. The number of benzene rings is 1. The van der Waals surface area contributed by atoms with Gasteiger partial charge in [0.2, 0.25) is 5.91 Å². The molecule has 0 radical (unpaired) electrons. The first-order valence-electron chi connectivity index (χ1n) is 13.2. The summed E-state index contributed by atoms with van der Waals surface area (Å²) in [6.07, 6.45) is 6.22. The molecule has 3 aromatic heterocycles. The molecular formula is C30H32N4O5. The molecule has 4 heterocycles. The van der Waals surface area contributed by atoms with E-state index in [-0.39, 0.29) is 18.1 Å². The highest BCUT2D eigenvalue weighted by atomic mass is 16.6. The smallest absolute Gasteiger partial charge is 0.222 e. The second kappa shape index (κ2) is 10.8. The van der Waals surface area contributed by atoms with Crippen LogP contribution in [0.3, 0.4) is 0 Å². The molecule has 1 aromatic carbocycles. The number of methoxy groups -OCH3 is 1. The molecule has 202 valence electrons. The Morgan fingerprint density at radius 1 is 1.18 bits per heavy atom. The van der Waals surface area contributed by atoms with Crippen LogP contribution in [0, 0.1) is 0 Å². The summed E-state index contributed by atoms with van der Waals surface area (Å²) in [6.45, 7) is 3.11. The summed E-state index contributed by atoms with van der Waals surface area (Å²) in [5, 5.41) is 3.66. The summed E-state index contributed by atoms with van der Waals surface area (Å²) < 4.78 is 24.2. The number of fused-ring (bicyclic) bond motifs is 1. The Labute approximate surface area is 226 Å². The van der Waals surface area contributed by atoms with Crippen molar-refractivity contribution in [1.29, 1.82) is 0 Å². The Hall–Kier alpha value is -3.79. The van der Waals surface area contributed by atoms with Crippen LogP contribution < -0.4 is 10.1 Å². The van der Waals surface area contributed by atoms with E-state index in [4.69, 9.17) is 23.9 Å². The molecule has 2 N–H and O–H groups in total. The fourth-order valence-corrected chi connectivity index (χ4v) is 5.17. The second-order valence-corrected chi connectivity index (χ2v) is 10.2. The van der Waals surface area contributed by atoms with Crippen molar-refractivity contribution in [2.75, 3.05) is 25.6 Å². The molecule has 6 rings (SSSR count). The minimum absolute atomic E-state index is 0.0609. The number of hydrogen-bond acceptors (Lipinski definition) is 7. The van der Waals surface area contributed by atoms with Crippen molar-refractivity contribution in [3.63, 3.8) is 0 Å². The van der Waals surface area contributed by atoms with Gasteiger partial charge in [-0.1, -0.05) is 30.3 Å². The molecule has 2 aliphatic rings. The number of amides is 1. The molecule has 0 spiro atoms. The molecule has 0 bridgehead atoms. The number of H-pyrrole nitrogens is 1. The zero-order valence-electron chi connectivity index (χ0n) is 22.1. The third kappa shape index (κ3) is 5.38. The van der Waals surface area contributed by atoms with E-state index in [1.807, 2.05) is 42.6 Å². The maximum absolute atomic E-state index is 11.6. The van der Waals surface area contributed by atoms with Gasteiger partial charge in [-0.15, -0.1) is 0 Å². The summed E-state index contributed by atoms with van der Waals surface area (Å²) >= 11 is 0. The van der Waals surface area contributed by atoms with E-state index in [0.717, 1.165) is 46.4 Å². The largest absolute Gasteiger partial charge is 0.490 e. The van der Waals surface area contributed by atoms with Gasteiger partial charge in [0.25, 0.3) is 0 Å². The minimum atomic E-state index is -0.635. The molecule has 39 heavy (non-hydrogen) atoms. The van der Waals surface area contributed by atoms with Crippen molar-refractivity contribution < 1.29 is 23.7 Å². The predicted molar refractivity (Wildman–Crippen MR) is 146 cm³/mol. The molecule has 4 aromatic rings. The molecule has 9 heteroatoms. The number of anilines is 1. The Morgan fingerprint density at radius 3 is 2.77 bits per heavy atom. The highest BCUT2D eigenvalue weighted by Crippen LogP contribution is 2.39. The first-order chi connectivity index (χ1) is 19.0. The van der Waals surface area contributed by atoms with E-state index in [9.17, 15) is 4.79 Å². The number of aromatic amines is 1. The van der Waals surface area contributed by atoms with Crippen molar-refractivity contribution >= 4 is 22.6 Å². The van der Waals surface area contributed by atoms with Gasteiger partial charge in [-0.3, -0.25) is 4.79 Å². The third-order valence-corrected chi connectivity index (χ3v) is 7.47. The van der Waals surface area contributed by atoms with Crippen LogP contribution in [-0.2, 0) is 31.2 Å². The first kappa shape index (κ1) is 25.5. The minimum Gasteiger partial charge on any atom is -0.490 e. The molecule has 2 fully saturated rings. The molecule has 1 atom stereocenters. The van der Waals surface area contributed by atoms with Gasteiger partial charge in [-0.05, 0) is 11.6 Å². The fraction of sp³-hybridized carbons (Fsp3) is 0.367. The Bertz CT molecular complexity index is 1460. The van der Waals surface area contributed by atoms with Crippen molar-refractivity contribution in [3.05, 3.63) is 72.2 Å². The number of carbonyl (C=O) groups is 1. The molecule has 1 saturated carbocycles. The molecule has 1 amide bonds. The maximum atomic E-state index is 11.6. The molecule has 1 aliphatic carbocycles. The van der Waals surface area contributed by atoms with Gasteiger partial charge in [0.05, 0.1) is 42.4 Å². The molecule has 1 saturated heterocycles. The third-order valence-electron chi connectivity index (χ3n) is 7.47. The van der Waals surface area contributed by atoms with Crippen LogP contribution in [-0.4, -0.2) is 53.4 Å². The van der Waals surface area contributed by atoms with Crippen LogP contribution in [0.25, 0.3) is 22.2 Å². The number of ether oxygens (including phenoxy) is 4. The summed E-state index contributed by atoms with van der Waals surface area (Å²) in [7, 11) is 1.70. The van der Waals surface area contributed by atoms with Crippen LogP contribution >= 0.6 is 0 Å². The van der Waals surface area contributed by atoms with E-state index < -0.39 is 5.60 Å². The van der Waals surface area contributed by atoms with E-state index in [2.05, 4.69) is 27.4 Å². The van der Waals surface area contributed by atoms with Crippen LogP contribution in [0.5, 0.6) is 5.75 Å². The van der Waals surface area contributed by atoms with Gasteiger partial charge in [-0.2, -0.15) is 0 Å². The van der Waals surface area contributed by atoms with Gasteiger partial charge in [0.15, 0.2) is 0 Å². The van der Waals surface area contributed by atoms with Crippen LogP contribution in [0.4, 0.5) is 5.82 Å². The van der Waals surface area contributed by atoms with Crippen LogP contribution in [0.2, 0.25) is 0 Å². The van der Waals surface area contributed by atoms with Gasteiger partial charge in [0, 0.05) is 69.2 Å². The lowest BCUT2D eigenvalue weighted by atomic mass is 9.91. The molecule has 9 nitrogen and oxygen atoms in total. The van der Waals surface area contributed by atoms with Crippen molar-refractivity contribution in [2.45, 2.75) is 50.6 Å². The molecule has 1 unspecified atom stereocenters. The number of nitrogens with one attached hydrogen (secondary N) is 2. The average molecular weight is 529 g/mol. The van der Waals surface area contributed by atoms with Gasteiger partial charge >= 0.3 is 0 Å². The Kier molecular flexibility index (Phi) is 7.03. The zero-order valence-corrected chi connectivity index (χ0v) is 22.1. The van der Waals surface area contributed by atoms with Crippen molar-refractivity contribution in [2.24, 2.45) is 0 Å². The lowest BCUT2D eigenvalue weighted by molar-refractivity contribution is -0.114. The SMILES string of the molecule is COC1(c2cc(O[C@H]3C[C@H](OCc4ccccc4)C3)cc(-c3c[nH]c4cnc(NC(C)=O)cc34)n2)CCOC1. The standard InChI is InChI=1S/C30H32N4O5/c1-19(35)33-29-14-24-25(15-31-27(24)16-32-29)26-12-23(13-28(34-26)30(36-2)8-9-37-18-30)39-22-10-21(11-22)38-17-20-6-4-3-5-7-20/h3-7,12-16,21-22,31H,8-11,17-18H2,1-2H3,(H,32,33,35)/t21-,22-,30?. The Balaban J connectivity index is 1.26. The normalized spacial score (nSPS) is 22.5. The lowest BCUT2D eigenvalue weighted by Gasteiger charge is -2.35. The topological polar surface area (TPSA) is 108 Å². The number of aromatic nitrogens is 3. The summed E-state index contributed by atoms with van der Waals surface area (Å²) in [5.41, 5.74) is 3.78. The Morgan fingerprint density at radius 2 is 2.03 bits per heavy atom. The van der Waals surface area contributed by atoms with E-state index in [1.165, 1.54) is 12.5 Å². The van der Waals surface area contributed by atoms with Gasteiger partial charge in [0.1, 0.15) is 23.3 Å². The second-order valence-electron chi connectivity index (χ2n) is 10.2. The average Bonchev–Trinajstić information content (AvgIpc) is 3.58. The maximum Gasteiger partial charge on any atom is 0.222 e. The van der Waals surface area contributed by atoms with Crippen LogP contribution in [0.15, 0.2) is 60.9 Å². The van der Waals surface area contributed by atoms with E-state index in [1.54, 1.807) is 13.3 Å². The van der Waals surface area contributed by atoms with Crippen molar-refractivity contribution in [1.82, 2.24) is 15.0 Å². The number of nitrogens with zero attached hydrogens (tertiary/aromatic N) is 2. The summed E-state index contributed by atoms with van der Waals surface area (Å²) in [4.78, 5) is 24.2. The first-order valence-corrected chi connectivity index (χ1v) is 13.2. The lowest BCUT2D eigenvalue weighted by Crippen LogP contribution is -2.39. The number of pyridine rings is 2. The highest BCUT2D eigenvalue weighted by Gasteiger charge is 2.39. The monoisotopic (exact) mass is 528 g/mol. The molecular weight excluding hydrogens is 496 g/mol. The quantitative estimate of drug-likeness (QED) is 0.316. The number of carbonyl (C=O) groups excluding carboxylic acids is 1. The number of hydrogen-bond donors (Lipinski definition) is 2. The molecule has 1 aliphatic heterocycles. The van der Waals surface area contributed by atoms with E-state index in [0.29, 0.717) is 32.1 Å². The van der Waals surface area contributed by atoms with Gasteiger partial charge < -0.3 is 29.2 Å². The van der Waals surface area contributed by atoms with Gasteiger partial charge in [-0.25, -0.2) is 9.97 Å². The predicted octanol–water partition coefficient (Wildman–Crippen LogP) is 4.97. The van der Waals surface area contributed by atoms with Crippen LogP contribution in [0.1, 0.15) is 37.4 Å². The van der Waals surface area contributed by atoms with Crippen molar-refractivity contribution in [3.8, 4) is 17.0 Å². The highest BCUT2D eigenvalue weighted by molar-refractivity contribution is 5.97. The summed E-state index contributed by atoms with van der Waals surface area (Å²) in [6, 6.07) is 16.0. The zero-order chi connectivity index (χ0) is 26.8.